The average Bonchev–Trinajstić information content (AvgIpc) is 3.05. The Labute approximate surface area is 189 Å². The standard InChI is InChI=1S/C28H44O3/c1-18(2)28(6,31)15-13-19(3)24-11-12-25-21(8-7-14-27(24,25)5)9-10-22-16-23(29)17-26(30)20(22)4/h9-10,13,15,18-19,23-26,29-31H,4,7-8,11-12,14,16-17H2,1-3,5-6H3/b15-13+,21-9+,22-10-/t19-,23-,24?,25?,26+,27?,28-/m1/s1. The molecule has 7 atom stereocenters. The Hall–Kier alpha value is -1.16. The van der Waals surface area contributed by atoms with Gasteiger partial charge in [-0.1, -0.05) is 64.2 Å². The van der Waals surface area contributed by atoms with Gasteiger partial charge < -0.3 is 15.3 Å². The molecular weight excluding hydrogens is 384 g/mol. The van der Waals surface area contributed by atoms with Crippen LogP contribution in [0.2, 0.25) is 0 Å². The molecule has 3 nitrogen and oxygen atoms in total. The van der Waals surface area contributed by atoms with Crippen molar-refractivity contribution in [3.05, 3.63) is 47.6 Å². The van der Waals surface area contributed by atoms with Crippen molar-refractivity contribution in [2.45, 2.75) is 97.4 Å². The third-order valence-corrected chi connectivity index (χ3v) is 8.84. The van der Waals surface area contributed by atoms with E-state index in [0.29, 0.717) is 36.0 Å². The summed E-state index contributed by atoms with van der Waals surface area (Å²) in [5.74, 6) is 1.87. The van der Waals surface area contributed by atoms with Gasteiger partial charge in [-0.05, 0) is 85.7 Å². The highest BCUT2D eigenvalue weighted by Crippen LogP contribution is 2.59. The monoisotopic (exact) mass is 428 g/mol. The molecular formula is C28H44O3. The van der Waals surface area contributed by atoms with Gasteiger partial charge in [0, 0.05) is 6.42 Å². The number of aliphatic hydroxyl groups is 3. The molecule has 0 amide bonds. The van der Waals surface area contributed by atoms with Crippen LogP contribution in [0, 0.1) is 29.1 Å². The molecule has 3 fully saturated rings. The van der Waals surface area contributed by atoms with E-state index in [1.165, 1.54) is 31.3 Å². The van der Waals surface area contributed by atoms with Crippen molar-refractivity contribution in [1.82, 2.24) is 0 Å². The molecule has 0 aliphatic heterocycles. The minimum absolute atomic E-state index is 0.201. The molecule has 0 bridgehead atoms. The quantitative estimate of drug-likeness (QED) is 0.490. The molecule has 3 aliphatic rings. The summed E-state index contributed by atoms with van der Waals surface area (Å²) in [6.45, 7) is 14.9. The molecule has 3 rings (SSSR count). The second kappa shape index (κ2) is 9.37. The van der Waals surface area contributed by atoms with Crippen molar-refractivity contribution in [3.8, 4) is 0 Å². The zero-order chi connectivity index (χ0) is 23.0. The van der Waals surface area contributed by atoms with Gasteiger partial charge in [-0.2, -0.15) is 0 Å². The molecule has 0 heterocycles. The molecule has 0 aromatic rings. The molecule has 0 saturated heterocycles. The largest absolute Gasteiger partial charge is 0.393 e. The zero-order valence-corrected chi connectivity index (χ0v) is 20.3. The van der Waals surface area contributed by atoms with E-state index in [9.17, 15) is 15.3 Å². The van der Waals surface area contributed by atoms with Crippen molar-refractivity contribution >= 4 is 0 Å². The van der Waals surface area contributed by atoms with E-state index in [2.05, 4.69) is 52.5 Å². The van der Waals surface area contributed by atoms with Gasteiger partial charge >= 0.3 is 0 Å². The smallest absolute Gasteiger partial charge is 0.0822 e. The Morgan fingerprint density at radius 3 is 2.55 bits per heavy atom. The maximum Gasteiger partial charge on any atom is 0.0822 e. The summed E-state index contributed by atoms with van der Waals surface area (Å²) in [4.78, 5) is 0. The van der Waals surface area contributed by atoms with Crippen LogP contribution in [0.4, 0.5) is 0 Å². The molecule has 3 N–H and O–H groups in total. The first kappa shape index (κ1) is 24.5. The summed E-state index contributed by atoms with van der Waals surface area (Å²) in [5, 5.41) is 30.8. The van der Waals surface area contributed by atoms with Gasteiger partial charge in [0.25, 0.3) is 0 Å². The first-order valence-electron chi connectivity index (χ1n) is 12.3. The fourth-order valence-electron chi connectivity index (χ4n) is 6.28. The van der Waals surface area contributed by atoms with Crippen molar-refractivity contribution in [1.29, 1.82) is 0 Å². The first-order chi connectivity index (χ1) is 14.5. The van der Waals surface area contributed by atoms with Crippen LogP contribution in [0.5, 0.6) is 0 Å². The second-order valence-corrected chi connectivity index (χ2v) is 11.3. The van der Waals surface area contributed by atoms with Crippen LogP contribution in [0.1, 0.15) is 79.6 Å². The molecule has 3 heteroatoms. The zero-order valence-electron chi connectivity index (χ0n) is 20.3. The SMILES string of the molecule is C=C1/C(=C\C=C2/CCCC3(C)C2CCC3[C@H](C)/C=C/[C@@](C)(O)C(C)C)C[C@@H](O)C[C@@H]1O. The van der Waals surface area contributed by atoms with Crippen LogP contribution >= 0.6 is 0 Å². The lowest BCUT2D eigenvalue weighted by Gasteiger charge is -2.44. The molecule has 174 valence electrons. The average molecular weight is 429 g/mol. The number of fused-ring (bicyclic) bond motifs is 1. The van der Waals surface area contributed by atoms with E-state index in [4.69, 9.17) is 0 Å². The molecule has 3 unspecified atom stereocenters. The van der Waals surface area contributed by atoms with E-state index < -0.39 is 17.8 Å². The molecule has 0 radical (unpaired) electrons. The number of aliphatic hydroxyl groups excluding tert-OH is 2. The third kappa shape index (κ3) is 5.10. The number of hydrogen-bond acceptors (Lipinski definition) is 3. The fraction of sp³-hybridized carbons (Fsp3) is 0.714. The van der Waals surface area contributed by atoms with E-state index in [-0.39, 0.29) is 5.92 Å². The topological polar surface area (TPSA) is 60.7 Å². The van der Waals surface area contributed by atoms with E-state index >= 15 is 0 Å². The Balaban J connectivity index is 1.78. The lowest BCUT2D eigenvalue weighted by Crippen LogP contribution is -2.36. The van der Waals surface area contributed by atoms with Gasteiger partial charge in [0.15, 0.2) is 0 Å². The van der Waals surface area contributed by atoms with Crippen LogP contribution in [0.25, 0.3) is 0 Å². The van der Waals surface area contributed by atoms with Crippen LogP contribution in [-0.2, 0) is 0 Å². The van der Waals surface area contributed by atoms with Crippen LogP contribution < -0.4 is 0 Å². The Morgan fingerprint density at radius 2 is 1.87 bits per heavy atom. The summed E-state index contributed by atoms with van der Waals surface area (Å²) in [6.07, 6.45) is 14.6. The van der Waals surface area contributed by atoms with E-state index in [0.717, 1.165) is 17.6 Å². The number of allylic oxidation sites excluding steroid dienone is 4. The second-order valence-electron chi connectivity index (χ2n) is 11.3. The maximum atomic E-state index is 10.6. The third-order valence-electron chi connectivity index (χ3n) is 8.84. The molecule has 3 saturated carbocycles. The maximum absolute atomic E-state index is 10.6. The lowest BCUT2D eigenvalue weighted by molar-refractivity contribution is 0.0607. The van der Waals surface area contributed by atoms with Gasteiger partial charge in [-0.3, -0.25) is 0 Å². The highest BCUT2D eigenvalue weighted by molar-refractivity contribution is 5.38. The van der Waals surface area contributed by atoms with E-state index in [1.54, 1.807) is 0 Å². The Kier molecular flexibility index (Phi) is 7.40. The Morgan fingerprint density at radius 1 is 1.16 bits per heavy atom. The van der Waals surface area contributed by atoms with Gasteiger partial charge in [-0.15, -0.1) is 0 Å². The summed E-state index contributed by atoms with van der Waals surface area (Å²) in [6, 6.07) is 0. The van der Waals surface area contributed by atoms with Crippen molar-refractivity contribution < 1.29 is 15.3 Å². The van der Waals surface area contributed by atoms with Gasteiger partial charge in [-0.25, -0.2) is 0 Å². The van der Waals surface area contributed by atoms with Gasteiger partial charge in [0.2, 0.25) is 0 Å². The highest BCUT2D eigenvalue weighted by atomic mass is 16.3. The minimum Gasteiger partial charge on any atom is -0.393 e. The predicted octanol–water partition coefficient (Wildman–Crippen LogP) is 5.73. The van der Waals surface area contributed by atoms with E-state index in [1.807, 2.05) is 13.0 Å². The van der Waals surface area contributed by atoms with Crippen LogP contribution in [-0.4, -0.2) is 33.1 Å². The summed E-state index contributed by atoms with van der Waals surface area (Å²) < 4.78 is 0. The van der Waals surface area contributed by atoms with Crippen molar-refractivity contribution in [2.75, 3.05) is 0 Å². The molecule has 0 aromatic carbocycles. The first-order valence-corrected chi connectivity index (χ1v) is 12.3. The predicted molar refractivity (Wildman–Crippen MR) is 128 cm³/mol. The van der Waals surface area contributed by atoms with Gasteiger partial charge in [0.1, 0.15) is 0 Å². The number of rotatable bonds is 5. The molecule has 0 aromatic heterocycles. The van der Waals surface area contributed by atoms with Crippen molar-refractivity contribution in [3.63, 3.8) is 0 Å². The highest BCUT2D eigenvalue weighted by Gasteiger charge is 2.50. The summed E-state index contributed by atoms with van der Waals surface area (Å²) >= 11 is 0. The van der Waals surface area contributed by atoms with Crippen LogP contribution in [0.15, 0.2) is 47.6 Å². The fourth-order valence-corrected chi connectivity index (χ4v) is 6.28. The molecule has 31 heavy (non-hydrogen) atoms. The van der Waals surface area contributed by atoms with Crippen molar-refractivity contribution in [2.24, 2.45) is 29.1 Å². The lowest BCUT2D eigenvalue weighted by atomic mass is 9.61. The van der Waals surface area contributed by atoms with Gasteiger partial charge in [0.05, 0.1) is 17.8 Å². The van der Waals surface area contributed by atoms with Crippen LogP contribution in [0.3, 0.4) is 0 Å². The Bertz CT molecular complexity index is 756. The minimum atomic E-state index is -0.755. The molecule has 0 spiro atoms. The molecule has 3 aliphatic carbocycles. The summed E-state index contributed by atoms with van der Waals surface area (Å²) in [7, 11) is 0. The number of hydrogen-bond donors (Lipinski definition) is 3. The normalized spacial score (nSPS) is 40.0. The summed E-state index contributed by atoms with van der Waals surface area (Å²) in [5.41, 5.74) is 2.82.